The Balaban J connectivity index is 2.15. The lowest BCUT2D eigenvalue weighted by atomic mass is 10.2. The van der Waals surface area contributed by atoms with Crippen molar-refractivity contribution in [1.82, 2.24) is 20.6 Å². The highest BCUT2D eigenvalue weighted by Crippen LogP contribution is 2.26. The fourth-order valence-corrected chi connectivity index (χ4v) is 1.48. The van der Waals surface area contributed by atoms with Gasteiger partial charge in [0.25, 0.3) is 5.69 Å². The molecule has 1 unspecified atom stereocenters. The molecular weight excluding hydrogens is 238 g/mol. The third-order valence-corrected chi connectivity index (χ3v) is 2.36. The maximum Gasteiger partial charge on any atom is 0.292 e. The highest BCUT2D eigenvalue weighted by Gasteiger charge is 2.14. The van der Waals surface area contributed by atoms with Crippen LogP contribution in [0, 0.1) is 10.1 Å². The SMILES string of the molecule is CC(Nc1ccc([N+](=O)[O-])c(N)c1)c1nn[nH]n1. The fraction of sp³-hybridized carbons (Fsp3) is 0.222. The molecule has 0 aliphatic heterocycles. The molecule has 9 heteroatoms. The largest absolute Gasteiger partial charge is 0.393 e. The van der Waals surface area contributed by atoms with Crippen molar-refractivity contribution < 1.29 is 4.92 Å². The molecule has 0 amide bonds. The Morgan fingerprint density at radius 2 is 2.33 bits per heavy atom. The number of nitro groups is 1. The number of tetrazole rings is 1. The number of nitrogen functional groups attached to an aromatic ring is 1. The lowest BCUT2D eigenvalue weighted by Gasteiger charge is -2.11. The van der Waals surface area contributed by atoms with Gasteiger partial charge in [0.2, 0.25) is 0 Å². The van der Waals surface area contributed by atoms with E-state index in [1.54, 1.807) is 6.07 Å². The molecule has 2 rings (SSSR count). The van der Waals surface area contributed by atoms with E-state index < -0.39 is 4.92 Å². The summed E-state index contributed by atoms with van der Waals surface area (Å²) in [6.45, 7) is 1.84. The molecule has 4 N–H and O–H groups in total. The minimum Gasteiger partial charge on any atom is -0.393 e. The number of rotatable bonds is 4. The predicted molar refractivity (Wildman–Crippen MR) is 63.7 cm³/mol. The number of aromatic nitrogens is 4. The van der Waals surface area contributed by atoms with Crippen LogP contribution in [-0.4, -0.2) is 25.5 Å². The quantitative estimate of drug-likeness (QED) is 0.415. The van der Waals surface area contributed by atoms with Gasteiger partial charge in [-0.1, -0.05) is 5.21 Å². The van der Waals surface area contributed by atoms with Crippen LogP contribution in [0.5, 0.6) is 0 Å². The summed E-state index contributed by atoms with van der Waals surface area (Å²) in [6, 6.07) is 4.23. The van der Waals surface area contributed by atoms with Gasteiger partial charge >= 0.3 is 0 Å². The normalized spacial score (nSPS) is 12.1. The zero-order chi connectivity index (χ0) is 13.1. The molecule has 0 bridgehead atoms. The number of H-pyrrole nitrogens is 1. The number of nitrogens with one attached hydrogen (secondary N) is 2. The molecule has 1 atom stereocenters. The first-order valence-electron chi connectivity index (χ1n) is 5.11. The molecule has 1 aromatic carbocycles. The van der Waals surface area contributed by atoms with Gasteiger partial charge in [0, 0.05) is 11.8 Å². The van der Waals surface area contributed by atoms with Crippen molar-refractivity contribution in [2.24, 2.45) is 0 Å². The summed E-state index contributed by atoms with van der Waals surface area (Å²) < 4.78 is 0. The van der Waals surface area contributed by atoms with Gasteiger partial charge in [0.1, 0.15) is 5.69 Å². The number of aromatic amines is 1. The minimum absolute atomic E-state index is 0.102. The standard InChI is InChI=1S/C9H11N7O2/c1-5(9-12-14-15-13-9)11-6-2-3-8(16(17)18)7(10)4-6/h2-5,11H,10H2,1H3,(H,12,13,14,15). The van der Waals surface area contributed by atoms with Crippen LogP contribution in [0.3, 0.4) is 0 Å². The summed E-state index contributed by atoms with van der Waals surface area (Å²) in [6.07, 6.45) is 0. The van der Waals surface area contributed by atoms with Crippen molar-refractivity contribution in [3.63, 3.8) is 0 Å². The summed E-state index contributed by atoms with van der Waals surface area (Å²) >= 11 is 0. The minimum atomic E-state index is -0.526. The lowest BCUT2D eigenvalue weighted by molar-refractivity contribution is -0.383. The first kappa shape index (κ1) is 11.8. The van der Waals surface area contributed by atoms with E-state index in [4.69, 9.17) is 5.73 Å². The second-order valence-corrected chi connectivity index (χ2v) is 3.67. The van der Waals surface area contributed by atoms with Crippen LogP contribution in [0.4, 0.5) is 17.1 Å². The third kappa shape index (κ3) is 2.34. The Kier molecular flexibility index (Phi) is 3.04. The summed E-state index contributed by atoms with van der Waals surface area (Å²) in [4.78, 5) is 10.1. The Morgan fingerprint density at radius 1 is 1.56 bits per heavy atom. The van der Waals surface area contributed by atoms with E-state index in [-0.39, 0.29) is 17.4 Å². The van der Waals surface area contributed by atoms with Crippen molar-refractivity contribution >= 4 is 17.1 Å². The van der Waals surface area contributed by atoms with E-state index in [0.717, 1.165) is 0 Å². The van der Waals surface area contributed by atoms with Crippen LogP contribution >= 0.6 is 0 Å². The Labute approximate surface area is 102 Å². The predicted octanol–water partition coefficient (Wildman–Crippen LogP) is 0.863. The van der Waals surface area contributed by atoms with Crippen molar-refractivity contribution in [3.8, 4) is 0 Å². The van der Waals surface area contributed by atoms with Crippen molar-refractivity contribution in [2.45, 2.75) is 13.0 Å². The number of hydrogen-bond acceptors (Lipinski definition) is 7. The molecule has 1 heterocycles. The number of nitrogens with zero attached hydrogens (tertiary/aromatic N) is 4. The van der Waals surface area contributed by atoms with Gasteiger partial charge in [-0.05, 0) is 19.1 Å². The van der Waals surface area contributed by atoms with Gasteiger partial charge < -0.3 is 11.1 Å². The zero-order valence-corrected chi connectivity index (χ0v) is 9.49. The monoisotopic (exact) mass is 249 g/mol. The highest BCUT2D eigenvalue weighted by atomic mass is 16.6. The number of benzene rings is 1. The van der Waals surface area contributed by atoms with E-state index in [0.29, 0.717) is 11.5 Å². The first-order chi connectivity index (χ1) is 8.58. The maximum atomic E-state index is 10.6. The summed E-state index contributed by atoms with van der Waals surface area (Å²) in [5.41, 5.74) is 6.22. The van der Waals surface area contributed by atoms with E-state index in [1.807, 2.05) is 6.92 Å². The molecule has 18 heavy (non-hydrogen) atoms. The lowest BCUT2D eigenvalue weighted by Crippen LogP contribution is -2.09. The van der Waals surface area contributed by atoms with Gasteiger partial charge in [-0.3, -0.25) is 10.1 Å². The molecule has 0 fully saturated rings. The number of hydrogen-bond donors (Lipinski definition) is 3. The maximum absolute atomic E-state index is 10.6. The fourth-order valence-electron chi connectivity index (χ4n) is 1.48. The van der Waals surface area contributed by atoms with Gasteiger partial charge in [-0.15, -0.1) is 10.2 Å². The van der Waals surface area contributed by atoms with Crippen LogP contribution in [0.15, 0.2) is 18.2 Å². The van der Waals surface area contributed by atoms with Crippen molar-refractivity contribution in [2.75, 3.05) is 11.1 Å². The van der Waals surface area contributed by atoms with E-state index >= 15 is 0 Å². The highest BCUT2D eigenvalue weighted by molar-refractivity contribution is 5.66. The molecule has 0 saturated carbocycles. The average molecular weight is 249 g/mol. The van der Waals surface area contributed by atoms with Crippen LogP contribution in [0.25, 0.3) is 0 Å². The molecule has 0 saturated heterocycles. The van der Waals surface area contributed by atoms with Gasteiger partial charge in [0.15, 0.2) is 5.82 Å². The Bertz CT molecular complexity index is 554. The van der Waals surface area contributed by atoms with Crippen LogP contribution < -0.4 is 11.1 Å². The van der Waals surface area contributed by atoms with Crippen LogP contribution in [0.1, 0.15) is 18.8 Å². The van der Waals surface area contributed by atoms with E-state index in [2.05, 4.69) is 25.9 Å². The summed E-state index contributed by atoms with van der Waals surface area (Å²) in [5.74, 6) is 0.493. The molecule has 0 aliphatic rings. The van der Waals surface area contributed by atoms with Gasteiger partial charge in [-0.2, -0.15) is 5.21 Å². The Hall–Kier alpha value is -2.71. The van der Waals surface area contributed by atoms with Crippen LogP contribution in [-0.2, 0) is 0 Å². The summed E-state index contributed by atoms with van der Waals surface area (Å²) in [5, 5.41) is 27.1. The van der Waals surface area contributed by atoms with Crippen LogP contribution in [0.2, 0.25) is 0 Å². The van der Waals surface area contributed by atoms with E-state index in [9.17, 15) is 10.1 Å². The first-order valence-corrected chi connectivity index (χ1v) is 5.11. The van der Waals surface area contributed by atoms with Crippen molar-refractivity contribution in [3.05, 3.63) is 34.1 Å². The molecular formula is C9H11N7O2. The topological polar surface area (TPSA) is 136 Å². The molecule has 0 radical (unpaired) electrons. The molecule has 94 valence electrons. The molecule has 1 aromatic heterocycles. The zero-order valence-electron chi connectivity index (χ0n) is 9.49. The molecule has 2 aromatic rings. The number of anilines is 2. The molecule has 9 nitrogen and oxygen atoms in total. The third-order valence-electron chi connectivity index (χ3n) is 2.36. The molecule has 0 spiro atoms. The Morgan fingerprint density at radius 3 is 2.89 bits per heavy atom. The molecule has 0 aliphatic carbocycles. The second-order valence-electron chi connectivity index (χ2n) is 3.67. The number of nitro benzene ring substituents is 1. The number of nitrogens with two attached hydrogens (primary N) is 1. The van der Waals surface area contributed by atoms with Crippen molar-refractivity contribution in [1.29, 1.82) is 0 Å². The second kappa shape index (κ2) is 4.65. The van der Waals surface area contributed by atoms with Gasteiger partial charge in [-0.25, -0.2) is 0 Å². The van der Waals surface area contributed by atoms with E-state index in [1.165, 1.54) is 12.1 Å². The van der Waals surface area contributed by atoms with Gasteiger partial charge in [0.05, 0.1) is 11.0 Å². The smallest absolute Gasteiger partial charge is 0.292 e. The average Bonchev–Trinajstić information content (AvgIpc) is 2.81. The summed E-state index contributed by atoms with van der Waals surface area (Å²) in [7, 11) is 0.